The van der Waals surface area contributed by atoms with Gasteiger partial charge in [0.25, 0.3) is 0 Å². The predicted octanol–water partition coefficient (Wildman–Crippen LogP) is 2.69. The second kappa shape index (κ2) is 8.50. The van der Waals surface area contributed by atoms with Crippen LogP contribution in [0.1, 0.15) is 57.3 Å². The van der Waals surface area contributed by atoms with Gasteiger partial charge in [0.2, 0.25) is 11.7 Å². The van der Waals surface area contributed by atoms with E-state index in [9.17, 15) is 9.59 Å². The first-order chi connectivity index (χ1) is 13.3. The van der Waals surface area contributed by atoms with Crippen LogP contribution in [-0.4, -0.2) is 55.2 Å². The maximum absolute atomic E-state index is 12.7. The minimum Gasteiger partial charge on any atom is -0.459 e. The number of rotatable bonds is 5. The highest BCUT2D eigenvalue weighted by Crippen LogP contribution is 2.23. The first kappa shape index (κ1) is 20.0. The Labute approximate surface area is 164 Å². The number of piperidine rings is 1. The van der Waals surface area contributed by atoms with Gasteiger partial charge in [-0.3, -0.25) is 4.79 Å². The van der Waals surface area contributed by atoms with Crippen molar-refractivity contribution in [1.29, 1.82) is 0 Å². The van der Waals surface area contributed by atoms with Crippen molar-refractivity contribution in [3.8, 4) is 11.4 Å². The summed E-state index contributed by atoms with van der Waals surface area (Å²) in [6.45, 7) is 7.81. The van der Waals surface area contributed by atoms with Gasteiger partial charge < -0.3 is 9.64 Å². The molecular weight excluding hydrogens is 358 g/mol. The van der Waals surface area contributed by atoms with Crippen LogP contribution in [0.3, 0.4) is 0 Å². The normalized spacial score (nSPS) is 19.7. The van der Waals surface area contributed by atoms with Crippen LogP contribution in [0.25, 0.3) is 11.4 Å². The number of amides is 1. The molecule has 1 saturated heterocycles. The second-order valence-electron chi connectivity index (χ2n) is 7.61. The Morgan fingerprint density at radius 2 is 1.93 bits per heavy atom. The van der Waals surface area contributed by atoms with Crippen molar-refractivity contribution < 1.29 is 14.3 Å². The fraction of sp³-hybridized carbons (Fsp3) is 0.550. The van der Waals surface area contributed by atoms with Crippen molar-refractivity contribution in [1.82, 2.24) is 25.1 Å². The van der Waals surface area contributed by atoms with Crippen molar-refractivity contribution in [3.63, 3.8) is 0 Å². The van der Waals surface area contributed by atoms with E-state index in [1.165, 1.54) is 4.80 Å². The van der Waals surface area contributed by atoms with E-state index in [0.29, 0.717) is 17.0 Å². The predicted molar refractivity (Wildman–Crippen MR) is 103 cm³/mol. The van der Waals surface area contributed by atoms with Gasteiger partial charge >= 0.3 is 5.97 Å². The maximum Gasteiger partial charge on any atom is 0.338 e. The van der Waals surface area contributed by atoms with Crippen LogP contribution in [0.15, 0.2) is 24.3 Å². The van der Waals surface area contributed by atoms with E-state index in [1.54, 1.807) is 38.1 Å². The van der Waals surface area contributed by atoms with Gasteiger partial charge in [-0.15, -0.1) is 10.2 Å². The van der Waals surface area contributed by atoms with Crippen molar-refractivity contribution in [2.75, 3.05) is 0 Å². The molecule has 2 heterocycles. The molecule has 8 heteroatoms. The van der Waals surface area contributed by atoms with E-state index in [-0.39, 0.29) is 30.6 Å². The fourth-order valence-electron chi connectivity index (χ4n) is 3.61. The molecule has 1 aromatic carbocycles. The van der Waals surface area contributed by atoms with E-state index in [1.807, 2.05) is 4.90 Å². The summed E-state index contributed by atoms with van der Waals surface area (Å²) in [5, 5.41) is 12.4. The monoisotopic (exact) mass is 385 g/mol. The summed E-state index contributed by atoms with van der Waals surface area (Å²) in [5.41, 5.74) is 1.08. The van der Waals surface area contributed by atoms with Crippen LogP contribution in [0.2, 0.25) is 0 Å². The molecule has 2 aromatic rings. The minimum atomic E-state index is -0.396. The number of benzene rings is 1. The van der Waals surface area contributed by atoms with E-state index in [2.05, 4.69) is 29.3 Å². The molecule has 3 rings (SSSR count). The molecule has 2 atom stereocenters. The molecule has 0 N–H and O–H groups in total. The molecule has 0 aliphatic carbocycles. The highest BCUT2D eigenvalue weighted by molar-refractivity contribution is 5.90. The maximum atomic E-state index is 12.7. The first-order valence-corrected chi connectivity index (χ1v) is 9.75. The highest BCUT2D eigenvalue weighted by Gasteiger charge is 2.29. The third-order valence-corrected chi connectivity index (χ3v) is 4.91. The lowest BCUT2D eigenvalue weighted by Gasteiger charge is -2.38. The number of hydrogen-bond donors (Lipinski definition) is 0. The summed E-state index contributed by atoms with van der Waals surface area (Å²) in [7, 11) is 0. The molecule has 0 saturated carbocycles. The smallest absolute Gasteiger partial charge is 0.338 e. The second-order valence-corrected chi connectivity index (χ2v) is 7.61. The topological polar surface area (TPSA) is 90.2 Å². The van der Waals surface area contributed by atoms with Gasteiger partial charge in [0.15, 0.2) is 0 Å². The van der Waals surface area contributed by atoms with Gasteiger partial charge in [0.05, 0.1) is 11.7 Å². The number of likely N-dealkylation sites (tertiary alicyclic amines) is 1. The summed E-state index contributed by atoms with van der Waals surface area (Å²) >= 11 is 0. The van der Waals surface area contributed by atoms with E-state index in [4.69, 9.17) is 4.74 Å². The van der Waals surface area contributed by atoms with E-state index < -0.39 is 5.97 Å². The SMILES string of the molecule is CC(C)OC(=O)c1cccc(-c2nnn(CC(=O)N3C(C)CCCC3C)n2)c1. The number of esters is 1. The summed E-state index contributed by atoms with van der Waals surface area (Å²) < 4.78 is 5.22. The molecule has 1 aromatic heterocycles. The molecular formula is C20H27N5O3. The van der Waals surface area contributed by atoms with Crippen LogP contribution in [-0.2, 0) is 16.1 Å². The summed E-state index contributed by atoms with van der Waals surface area (Å²) in [4.78, 5) is 28.0. The molecule has 1 amide bonds. The molecule has 1 fully saturated rings. The van der Waals surface area contributed by atoms with Gasteiger partial charge in [-0.05, 0) is 64.3 Å². The van der Waals surface area contributed by atoms with Crippen LogP contribution < -0.4 is 0 Å². The standard InChI is InChI=1S/C20H27N5O3/c1-13(2)28-20(27)17-10-6-9-16(11-17)19-21-23-24(22-19)12-18(26)25-14(3)7-5-8-15(25)4/h6,9-11,13-15H,5,7-8,12H2,1-4H3. The zero-order chi connectivity index (χ0) is 20.3. The van der Waals surface area contributed by atoms with Crippen molar-refractivity contribution in [3.05, 3.63) is 29.8 Å². The highest BCUT2D eigenvalue weighted by atomic mass is 16.5. The van der Waals surface area contributed by atoms with Gasteiger partial charge in [-0.25, -0.2) is 4.79 Å². The first-order valence-electron chi connectivity index (χ1n) is 9.75. The minimum absolute atomic E-state index is 0.00193. The number of hydrogen-bond acceptors (Lipinski definition) is 6. The number of nitrogens with zero attached hydrogens (tertiary/aromatic N) is 5. The van der Waals surface area contributed by atoms with Crippen molar-refractivity contribution in [2.45, 2.75) is 71.7 Å². The van der Waals surface area contributed by atoms with Crippen molar-refractivity contribution in [2.24, 2.45) is 0 Å². The molecule has 0 radical (unpaired) electrons. The van der Waals surface area contributed by atoms with Gasteiger partial charge in [-0.2, -0.15) is 4.80 Å². The lowest BCUT2D eigenvalue weighted by atomic mass is 9.97. The Balaban J connectivity index is 1.72. The van der Waals surface area contributed by atoms with Gasteiger partial charge in [0.1, 0.15) is 6.54 Å². The van der Waals surface area contributed by atoms with E-state index in [0.717, 1.165) is 19.3 Å². The third kappa shape index (κ3) is 4.55. The zero-order valence-electron chi connectivity index (χ0n) is 16.8. The lowest BCUT2D eigenvalue weighted by Crippen LogP contribution is -2.48. The number of tetrazole rings is 1. The average molecular weight is 385 g/mol. The molecule has 0 bridgehead atoms. The fourth-order valence-corrected chi connectivity index (χ4v) is 3.61. The summed E-state index contributed by atoms with van der Waals surface area (Å²) in [5.74, 6) is -0.0304. The number of carbonyl (C=O) groups excluding carboxylic acids is 2. The quantitative estimate of drug-likeness (QED) is 0.735. The van der Waals surface area contributed by atoms with Crippen LogP contribution in [0.4, 0.5) is 0 Å². The lowest BCUT2D eigenvalue weighted by molar-refractivity contribution is -0.138. The Hall–Kier alpha value is -2.77. The summed E-state index contributed by atoms with van der Waals surface area (Å²) in [6, 6.07) is 7.34. The van der Waals surface area contributed by atoms with Gasteiger partial charge in [0, 0.05) is 17.6 Å². The van der Waals surface area contributed by atoms with E-state index >= 15 is 0 Å². The molecule has 1 aliphatic heterocycles. The molecule has 2 unspecified atom stereocenters. The Morgan fingerprint density at radius 1 is 1.21 bits per heavy atom. The summed E-state index contributed by atoms with van der Waals surface area (Å²) in [6.07, 6.45) is 2.99. The van der Waals surface area contributed by atoms with Crippen LogP contribution >= 0.6 is 0 Å². The van der Waals surface area contributed by atoms with Crippen LogP contribution in [0, 0.1) is 0 Å². The number of ether oxygens (including phenoxy) is 1. The zero-order valence-corrected chi connectivity index (χ0v) is 16.8. The van der Waals surface area contributed by atoms with Crippen LogP contribution in [0.5, 0.6) is 0 Å². The Morgan fingerprint density at radius 3 is 2.61 bits per heavy atom. The Bertz CT molecular complexity index is 838. The van der Waals surface area contributed by atoms with Crippen molar-refractivity contribution >= 4 is 11.9 Å². The average Bonchev–Trinajstić information content (AvgIpc) is 3.09. The molecule has 28 heavy (non-hydrogen) atoms. The number of carbonyl (C=O) groups is 2. The van der Waals surface area contributed by atoms with Gasteiger partial charge in [-0.1, -0.05) is 12.1 Å². The molecule has 150 valence electrons. The molecule has 8 nitrogen and oxygen atoms in total. The molecule has 1 aliphatic rings. The number of aromatic nitrogens is 4. The third-order valence-electron chi connectivity index (χ3n) is 4.91. The molecule has 0 spiro atoms. The largest absolute Gasteiger partial charge is 0.459 e. The Kier molecular flexibility index (Phi) is 6.06.